The van der Waals surface area contributed by atoms with Gasteiger partial charge >= 0.3 is 6.03 Å². The molecule has 0 N–H and O–H groups in total. The number of amides is 3. The Kier molecular flexibility index (Phi) is 2.73. The Bertz CT molecular complexity index is 458. The van der Waals surface area contributed by atoms with Crippen LogP contribution in [0.5, 0.6) is 0 Å². The molecule has 1 fully saturated rings. The summed E-state index contributed by atoms with van der Waals surface area (Å²) < 4.78 is 0. The molecule has 0 aromatic carbocycles. The average molecular weight is 260 g/mol. The predicted molar refractivity (Wildman–Crippen MR) is 59.8 cm³/mol. The zero-order valence-electron chi connectivity index (χ0n) is 8.28. The van der Waals surface area contributed by atoms with E-state index in [1.165, 1.54) is 17.0 Å². The minimum Gasteiger partial charge on any atom is -0.318 e. The first kappa shape index (κ1) is 11.2. The predicted octanol–water partition coefficient (Wildman–Crippen LogP) is 1.79. The number of imide groups is 1. The fourth-order valence-corrected chi connectivity index (χ4v) is 1.90. The van der Waals surface area contributed by atoms with Crippen LogP contribution >= 0.6 is 23.2 Å². The molecule has 1 aliphatic heterocycles. The van der Waals surface area contributed by atoms with Crippen LogP contribution in [0.15, 0.2) is 12.1 Å². The van der Waals surface area contributed by atoms with E-state index in [0.29, 0.717) is 5.69 Å². The van der Waals surface area contributed by atoms with Crippen LogP contribution in [0.1, 0.15) is 0 Å². The highest BCUT2D eigenvalue weighted by Gasteiger charge is 2.35. The van der Waals surface area contributed by atoms with Crippen molar-refractivity contribution in [3.63, 3.8) is 0 Å². The third kappa shape index (κ3) is 1.83. The van der Waals surface area contributed by atoms with Crippen LogP contribution in [-0.2, 0) is 4.79 Å². The lowest BCUT2D eigenvalue weighted by Gasteiger charge is -2.14. The quantitative estimate of drug-likeness (QED) is 0.571. The van der Waals surface area contributed by atoms with Crippen LogP contribution in [0.2, 0.25) is 10.3 Å². The van der Waals surface area contributed by atoms with Crippen molar-refractivity contribution in [3.05, 3.63) is 22.4 Å². The van der Waals surface area contributed by atoms with E-state index in [1.807, 2.05) is 0 Å². The SMILES string of the molecule is CN1CC(=O)N(c2cc(Cl)nc(Cl)c2)C1=O. The average Bonchev–Trinajstić information content (AvgIpc) is 2.39. The van der Waals surface area contributed by atoms with E-state index in [9.17, 15) is 9.59 Å². The first-order valence-corrected chi connectivity index (χ1v) is 5.16. The maximum Gasteiger partial charge on any atom is 0.331 e. The number of nitrogens with zero attached hydrogens (tertiary/aromatic N) is 3. The molecule has 1 saturated heterocycles. The van der Waals surface area contributed by atoms with Crippen molar-refractivity contribution in [3.8, 4) is 0 Å². The van der Waals surface area contributed by atoms with Gasteiger partial charge < -0.3 is 4.90 Å². The van der Waals surface area contributed by atoms with Crippen molar-refractivity contribution in [2.24, 2.45) is 0 Å². The molecule has 0 atom stereocenters. The molecule has 0 saturated carbocycles. The van der Waals surface area contributed by atoms with Crippen molar-refractivity contribution >= 4 is 40.8 Å². The minimum atomic E-state index is -0.400. The number of halogens is 2. The fourth-order valence-electron chi connectivity index (χ4n) is 1.45. The zero-order valence-corrected chi connectivity index (χ0v) is 9.79. The molecule has 16 heavy (non-hydrogen) atoms. The summed E-state index contributed by atoms with van der Waals surface area (Å²) in [7, 11) is 1.55. The summed E-state index contributed by atoms with van der Waals surface area (Å²) >= 11 is 11.4. The third-order valence-corrected chi connectivity index (χ3v) is 2.53. The van der Waals surface area contributed by atoms with E-state index in [2.05, 4.69) is 4.98 Å². The Hall–Kier alpha value is -1.33. The molecule has 0 spiro atoms. The van der Waals surface area contributed by atoms with Gasteiger partial charge in [0.05, 0.1) is 5.69 Å². The van der Waals surface area contributed by atoms with E-state index in [0.717, 1.165) is 4.90 Å². The Morgan fingerprint density at radius 3 is 2.25 bits per heavy atom. The van der Waals surface area contributed by atoms with Crippen LogP contribution in [-0.4, -0.2) is 35.4 Å². The number of anilines is 1. The number of hydrogen-bond acceptors (Lipinski definition) is 3. The third-order valence-electron chi connectivity index (χ3n) is 2.15. The van der Waals surface area contributed by atoms with E-state index < -0.39 is 6.03 Å². The largest absolute Gasteiger partial charge is 0.331 e. The maximum absolute atomic E-state index is 11.7. The van der Waals surface area contributed by atoms with Gasteiger partial charge in [-0.2, -0.15) is 0 Å². The molecule has 0 radical (unpaired) electrons. The summed E-state index contributed by atoms with van der Waals surface area (Å²) in [6.07, 6.45) is 0. The summed E-state index contributed by atoms with van der Waals surface area (Å²) in [6.45, 7) is 0.0520. The lowest BCUT2D eigenvalue weighted by molar-refractivity contribution is -0.116. The lowest BCUT2D eigenvalue weighted by Crippen LogP contribution is -2.31. The van der Waals surface area contributed by atoms with Crippen LogP contribution in [0.25, 0.3) is 0 Å². The molecule has 7 heteroatoms. The maximum atomic E-state index is 11.7. The van der Waals surface area contributed by atoms with Crippen LogP contribution in [0.4, 0.5) is 10.5 Å². The van der Waals surface area contributed by atoms with Crippen molar-refractivity contribution < 1.29 is 9.59 Å². The van der Waals surface area contributed by atoms with Crippen molar-refractivity contribution in [2.75, 3.05) is 18.5 Å². The van der Waals surface area contributed by atoms with Crippen molar-refractivity contribution in [1.82, 2.24) is 9.88 Å². The molecule has 1 aliphatic rings. The van der Waals surface area contributed by atoms with Gasteiger partial charge in [0.2, 0.25) is 0 Å². The number of aromatic nitrogens is 1. The second-order valence-corrected chi connectivity index (χ2v) is 4.11. The van der Waals surface area contributed by atoms with E-state index in [4.69, 9.17) is 23.2 Å². The number of hydrogen-bond donors (Lipinski definition) is 0. The van der Waals surface area contributed by atoms with Crippen LogP contribution in [0.3, 0.4) is 0 Å². The zero-order chi connectivity index (χ0) is 11.9. The number of carbonyl (C=O) groups is 2. The van der Waals surface area contributed by atoms with Gasteiger partial charge in [-0.1, -0.05) is 23.2 Å². The first-order valence-electron chi connectivity index (χ1n) is 4.40. The van der Waals surface area contributed by atoms with E-state index in [-0.39, 0.29) is 22.8 Å². The Morgan fingerprint density at radius 2 is 1.81 bits per heavy atom. The smallest absolute Gasteiger partial charge is 0.318 e. The van der Waals surface area contributed by atoms with Gasteiger partial charge in [0, 0.05) is 7.05 Å². The van der Waals surface area contributed by atoms with Gasteiger partial charge in [-0.05, 0) is 12.1 Å². The van der Waals surface area contributed by atoms with E-state index >= 15 is 0 Å². The summed E-state index contributed by atoms with van der Waals surface area (Å²) in [4.78, 5) is 29.3. The standard InChI is InChI=1S/C9H7Cl2N3O2/c1-13-4-8(15)14(9(13)16)5-2-6(10)12-7(11)3-5/h2-3H,4H2,1H3. The number of urea groups is 1. The van der Waals surface area contributed by atoms with Gasteiger partial charge in [0.15, 0.2) is 0 Å². The summed E-state index contributed by atoms with van der Waals surface area (Å²) in [6, 6.07) is 2.44. The van der Waals surface area contributed by atoms with Gasteiger partial charge in [0.25, 0.3) is 5.91 Å². The molecule has 84 valence electrons. The Morgan fingerprint density at radius 1 is 1.25 bits per heavy atom. The molecule has 0 bridgehead atoms. The highest BCUT2D eigenvalue weighted by molar-refractivity contribution is 6.33. The molecule has 2 heterocycles. The molecule has 0 aliphatic carbocycles. The lowest BCUT2D eigenvalue weighted by atomic mass is 10.3. The van der Waals surface area contributed by atoms with Crippen LogP contribution in [0, 0.1) is 0 Å². The molecule has 0 unspecified atom stereocenters. The molecular weight excluding hydrogens is 253 g/mol. The van der Waals surface area contributed by atoms with Gasteiger partial charge in [-0.3, -0.25) is 4.79 Å². The molecule has 5 nitrogen and oxygen atoms in total. The Balaban J connectivity index is 2.44. The molecular formula is C9H7Cl2N3O2. The summed E-state index contributed by atoms with van der Waals surface area (Å²) in [5.41, 5.74) is 0.337. The molecule has 1 aromatic heterocycles. The monoisotopic (exact) mass is 259 g/mol. The molecule has 1 aromatic rings. The second kappa shape index (κ2) is 3.92. The number of rotatable bonds is 1. The first-order chi connectivity index (χ1) is 7.49. The fraction of sp³-hybridized carbons (Fsp3) is 0.222. The second-order valence-electron chi connectivity index (χ2n) is 3.34. The highest BCUT2D eigenvalue weighted by Crippen LogP contribution is 2.25. The van der Waals surface area contributed by atoms with E-state index in [1.54, 1.807) is 7.05 Å². The summed E-state index contributed by atoms with van der Waals surface area (Å²) in [5, 5.41) is 0.273. The van der Waals surface area contributed by atoms with Gasteiger partial charge in [0.1, 0.15) is 16.9 Å². The van der Waals surface area contributed by atoms with Crippen molar-refractivity contribution in [1.29, 1.82) is 0 Å². The molecule has 2 rings (SSSR count). The minimum absolute atomic E-state index is 0.0520. The number of pyridine rings is 1. The van der Waals surface area contributed by atoms with Crippen molar-refractivity contribution in [2.45, 2.75) is 0 Å². The molecule has 3 amide bonds. The van der Waals surface area contributed by atoms with Gasteiger partial charge in [-0.15, -0.1) is 0 Å². The topological polar surface area (TPSA) is 53.5 Å². The summed E-state index contributed by atoms with van der Waals surface area (Å²) in [5.74, 6) is -0.314. The number of carbonyl (C=O) groups excluding carboxylic acids is 2. The highest BCUT2D eigenvalue weighted by atomic mass is 35.5. The van der Waals surface area contributed by atoms with Gasteiger partial charge in [-0.25, -0.2) is 14.7 Å². The number of likely N-dealkylation sites (N-methyl/N-ethyl adjacent to an activating group) is 1. The normalized spacial score (nSPS) is 16.2. The Labute approximate surface area is 102 Å². The van der Waals surface area contributed by atoms with Crippen LogP contribution < -0.4 is 4.90 Å².